The lowest BCUT2D eigenvalue weighted by molar-refractivity contribution is 0.105. The quantitative estimate of drug-likeness (QED) is 0.813. The fraction of sp³-hybridized carbons (Fsp3) is 1.00. The first-order valence-electron chi connectivity index (χ1n) is 7.38. The molecule has 1 saturated carbocycles. The van der Waals surface area contributed by atoms with Crippen molar-refractivity contribution in [1.82, 2.24) is 10.2 Å². The molecule has 1 heterocycles. The van der Waals surface area contributed by atoms with Gasteiger partial charge in [0, 0.05) is 25.7 Å². The van der Waals surface area contributed by atoms with E-state index in [1.54, 1.807) is 0 Å². The molecular formula is C15H30N2. The minimum Gasteiger partial charge on any atom is -0.314 e. The molecule has 1 aliphatic heterocycles. The lowest BCUT2D eigenvalue weighted by Gasteiger charge is -2.41. The molecule has 0 aromatic heterocycles. The van der Waals surface area contributed by atoms with Crippen molar-refractivity contribution in [3.8, 4) is 0 Å². The molecule has 0 spiro atoms. The van der Waals surface area contributed by atoms with Crippen LogP contribution in [0.1, 0.15) is 46.5 Å². The Balaban J connectivity index is 1.71. The Bertz CT molecular complexity index is 232. The zero-order chi connectivity index (χ0) is 12.5. The third kappa shape index (κ3) is 3.45. The van der Waals surface area contributed by atoms with Gasteiger partial charge in [-0.05, 0) is 50.0 Å². The van der Waals surface area contributed by atoms with E-state index in [2.05, 4.69) is 38.0 Å². The highest BCUT2D eigenvalue weighted by atomic mass is 15.2. The Morgan fingerprint density at radius 3 is 2.06 bits per heavy atom. The number of nitrogens with one attached hydrogen (secondary N) is 1. The molecule has 0 unspecified atom stereocenters. The number of hydrogen-bond donors (Lipinski definition) is 1. The van der Waals surface area contributed by atoms with Gasteiger partial charge in [-0.15, -0.1) is 0 Å². The molecule has 1 saturated heterocycles. The van der Waals surface area contributed by atoms with Crippen LogP contribution in [0.3, 0.4) is 0 Å². The van der Waals surface area contributed by atoms with Gasteiger partial charge in [0.05, 0.1) is 0 Å². The summed E-state index contributed by atoms with van der Waals surface area (Å²) in [5.74, 6) is 1.91. The molecule has 2 aliphatic rings. The van der Waals surface area contributed by atoms with Crippen molar-refractivity contribution >= 4 is 0 Å². The molecule has 2 rings (SSSR count). The fourth-order valence-electron chi connectivity index (χ4n) is 3.35. The smallest absolute Gasteiger partial charge is 0.0342 e. The first-order valence-corrected chi connectivity index (χ1v) is 7.38. The van der Waals surface area contributed by atoms with Crippen molar-refractivity contribution in [3.63, 3.8) is 0 Å². The van der Waals surface area contributed by atoms with E-state index in [1.165, 1.54) is 45.3 Å². The van der Waals surface area contributed by atoms with Gasteiger partial charge < -0.3 is 10.2 Å². The van der Waals surface area contributed by atoms with Crippen molar-refractivity contribution in [2.75, 3.05) is 26.7 Å². The molecule has 0 bridgehead atoms. The number of hydrogen-bond acceptors (Lipinski definition) is 2. The van der Waals surface area contributed by atoms with Gasteiger partial charge in [-0.3, -0.25) is 0 Å². The van der Waals surface area contributed by atoms with Crippen LogP contribution in [0.25, 0.3) is 0 Å². The van der Waals surface area contributed by atoms with Gasteiger partial charge in [0.2, 0.25) is 0 Å². The maximum Gasteiger partial charge on any atom is 0.0342 e. The van der Waals surface area contributed by atoms with Crippen molar-refractivity contribution in [2.24, 2.45) is 17.3 Å². The lowest BCUT2D eigenvalue weighted by Crippen LogP contribution is -2.56. The standard InChI is InChI=1S/C15H30N2/c1-15(2,3)13-7-5-12(6-8-13)11-17(4)14-9-16-10-14/h12-14,16H,5-11H2,1-4H3. The Labute approximate surface area is 107 Å². The maximum absolute atomic E-state index is 3.36. The van der Waals surface area contributed by atoms with Gasteiger partial charge in [0.15, 0.2) is 0 Å². The van der Waals surface area contributed by atoms with Gasteiger partial charge in [-0.2, -0.15) is 0 Å². The lowest BCUT2D eigenvalue weighted by atomic mass is 9.70. The summed E-state index contributed by atoms with van der Waals surface area (Å²) in [5, 5.41) is 3.36. The summed E-state index contributed by atoms with van der Waals surface area (Å²) in [6.07, 6.45) is 5.80. The molecule has 0 aromatic carbocycles. The minimum atomic E-state index is 0.523. The van der Waals surface area contributed by atoms with E-state index >= 15 is 0 Å². The molecule has 2 heteroatoms. The molecule has 100 valence electrons. The van der Waals surface area contributed by atoms with E-state index < -0.39 is 0 Å². The first-order chi connectivity index (χ1) is 7.97. The van der Waals surface area contributed by atoms with Crippen molar-refractivity contribution < 1.29 is 0 Å². The van der Waals surface area contributed by atoms with Crippen LogP contribution in [0, 0.1) is 17.3 Å². The molecule has 0 radical (unpaired) electrons. The summed E-state index contributed by atoms with van der Waals surface area (Å²) in [6, 6.07) is 0.815. The summed E-state index contributed by atoms with van der Waals surface area (Å²) in [4.78, 5) is 2.58. The number of likely N-dealkylation sites (N-methyl/N-ethyl adjacent to an activating group) is 1. The van der Waals surface area contributed by atoms with Crippen LogP contribution in [0.2, 0.25) is 0 Å². The van der Waals surface area contributed by atoms with Crippen LogP contribution in [0.5, 0.6) is 0 Å². The molecule has 0 atom stereocenters. The van der Waals surface area contributed by atoms with E-state index in [0.717, 1.165) is 17.9 Å². The second kappa shape index (κ2) is 5.27. The van der Waals surface area contributed by atoms with Gasteiger partial charge in [0.1, 0.15) is 0 Å². The summed E-state index contributed by atoms with van der Waals surface area (Å²) in [7, 11) is 2.31. The molecule has 0 aromatic rings. The Morgan fingerprint density at radius 2 is 1.65 bits per heavy atom. The van der Waals surface area contributed by atoms with Crippen molar-refractivity contribution in [1.29, 1.82) is 0 Å². The van der Waals surface area contributed by atoms with E-state index in [-0.39, 0.29) is 0 Å². The molecule has 1 N–H and O–H groups in total. The van der Waals surface area contributed by atoms with Crippen molar-refractivity contribution in [2.45, 2.75) is 52.5 Å². The normalized spacial score (nSPS) is 31.6. The zero-order valence-corrected chi connectivity index (χ0v) is 12.1. The second-order valence-corrected chi connectivity index (χ2v) is 7.34. The summed E-state index contributed by atoms with van der Waals surface area (Å²) in [5.41, 5.74) is 0.523. The van der Waals surface area contributed by atoms with Crippen LogP contribution < -0.4 is 5.32 Å². The van der Waals surface area contributed by atoms with E-state index in [1.807, 2.05) is 0 Å². The zero-order valence-electron chi connectivity index (χ0n) is 12.1. The van der Waals surface area contributed by atoms with Gasteiger partial charge in [0.25, 0.3) is 0 Å². The fourth-order valence-corrected chi connectivity index (χ4v) is 3.35. The highest BCUT2D eigenvalue weighted by Crippen LogP contribution is 2.39. The van der Waals surface area contributed by atoms with Gasteiger partial charge >= 0.3 is 0 Å². The van der Waals surface area contributed by atoms with Crippen LogP contribution in [0.4, 0.5) is 0 Å². The minimum absolute atomic E-state index is 0.523. The summed E-state index contributed by atoms with van der Waals surface area (Å²) >= 11 is 0. The van der Waals surface area contributed by atoms with Gasteiger partial charge in [-0.1, -0.05) is 20.8 Å². The second-order valence-electron chi connectivity index (χ2n) is 7.34. The molecule has 2 nitrogen and oxygen atoms in total. The van der Waals surface area contributed by atoms with Crippen LogP contribution >= 0.6 is 0 Å². The van der Waals surface area contributed by atoms with E-state index in [9.17, 15) is 0 Å². The van der Waals surface area contributed by atoms with Crippen LogP contribution in [-0.2, 0) is 0 Å². The van der Waals surface area contributed by atoms with Crippen molar-refractivity contribution in [3.05, 3.63) is 0 Å². The summed E-state index contributed by atoms with van der Waals surface area (Å²) < 4.78 is 0. The largest absolute Gasteiger partial charge is 0.314 e. The number of rotatable bonds is 3. The average Bonchev–Trinajstić information content (AvgIpc) is 2.13. The highest BCUT2D eigenvalue weighted by molar-refractivity contribution is 4.86. The Hall–Kier alpha value is -0.0800. The molecule has 2 fully saturated rings. The molecular weight excluding hydrogens is 208 g/mol. The summed E-state index contributed by atoms with van der Waals surface area (Å²) in [6.45, 7) is 10.9. The Kier molecular flexibility index (Phi) is 4.14. The Morgan fingerprint density at radius 1 is 1.06 bits per heavy atom. The maximum atomic E-state index is 3.36. The SMILES string of the molecule is CN(CC1CCC(C(C)(C)C)CC1)C1CNC1. The molecule has 17 heavy (non-hydrogen) atoms. The van der Waals surface area contributed by atoms with E-state index in [4.69, 9.17) is 0 Å². The number of nitrogens with zero attached hydrogens (tertiary/aromatic N) is 1. The monoisotopic (exact) mass is 238 g/mol. The van der Waals surface area contributed by atoms with E-state index in [0.29, 0.717) is 5.41 Å². The molecule has 1 aliphatic carbocycles. The predicted octanol–water partition coefficient (Wildman–Crippen LogP) is 2.74. The van der Waals surface area contributed by atoms with Gasteiger partial charge in [-0.25, -0.2) is 0 Å². The topological polar surface area (TPSA) is 15.3 Å². The van der Waals surface area contributed by atoms with Crippen LogP contribution in [-0.4, -0.2) is 37.6 Å². The predicted molar refractivity (Wildman–Crippen MR) is 74.2 cm³/mol. The first kappa shape index (κ1) is 13.4. The highest BCUT2D eigenvalue weighted by Gasteiger charge is 2.31. The molecule has 0 amide bonds. The third-order valence-electron chi connectivity index (χ3n) is 5.00. The van der Waals surface area contributed by atoms with Crippen LogP contribution in [0.15, 0.2) is 0 Å². The average molecular weight is 238 g/mol. The third-order valence-corrected chi connectivity index (χ3v) is 5.00.